The first-order valence-electron chi connectivity index (χ1n) is 8.68. The molecule has 0 aliphatic heterocycles. The van der Waals surface area contributed by atoms with E-state index in [-0.39, 0.29) is 24.7 Å². The highest BCUT2D eigenvalue weighted by Crippen LogP contribution is 2.20. The predicted octanol–water partition coefficient (Wildman–Crippen LogP) is 4.10. The highest BCUT2D eigenvalue weighted by Gasteiger charge is 2.11. The summed E-state index contributed by atoms with van der Waals surface area (Å²) in [5.41, 5.74) is 3.78. The van der Waals surface area contributed by atoms with E-state index in [2.05, 4.69) is 22.4 Å². The van der Waals surface area contributed by atoms with E-state index in [9.17, 15) is 9.59 Å². The molecule has 0 radical (unpaired) electrons. The zero-order valence-corrected chi connectivity index (χ0v) is 15.8. The van der Waals surface area contributed by atoms with E-state index >= 15 is 0 Å². The Morgan fingerprint density at radius 2 is 1.70 bits per heavy atom. The number of hydrogen-bond donors (Lipinski definition) is 1. The number of anilines is 1. The van der Waals surface area contributed by atoms with E-state index in [4.69, 9.17) is 4.74 Å². The van der Waals surface area contributed by atoms with Gasteiger partial charge in [-0.25, -0.2) is 4.98 Å². The SMILES string of the molecule is CCOC(=O)Cc1csc(NC(=O)Cc2ccc(-c3ccccc3)cc2)n1. The van der Waals surface area contributed by atoms with Gasteiger partial charge in [0, 0.05) is 5.38 Å². The molecule has 3 rings (SSSR count). The number of benzene rings is 2. The fourth-order valence-corrected chi connectivity index (χ4v) is 3.33. The lowest BCUT2D eigenvalue weighted by Gasteiger charge is -2.05. The minimum atomic E-state index is -0.320. The molecule has 0 aliphatic carbocycles. The molecule has 0 spiro atoms. The lowest BCUT2D eigenvalue weighted by atomic mass is 10.0. The zero-order valence-electron chi connectivity index (χ0n) is 15.0. The molecule has 3 aromatic rings. The summed E-state index contributed by atoms with van der Waals surface area (Å²) in [5.74, 6) is -0.460. The molecule has 2 aromatic carbocycles. The zero-order chi connectivity index (χ0) is 19.1. The van der Waals surface area contributed by atoms with Crippen molar-refractivity contribution in [2.75, 3.05) is 11.9 Å². The van der Waals surface area contributed by atoms with Crippen LogP contribution >= 0.6 is 11.3 Å². The molecule has 0 bridgehead atoms. The number of nitrogens with zero attached hydrogens (tertiary/aromatic N) is 1. The summed E-state index contributed by atoms with van der Waals surface area (Å²) in [6.45, 7) is 2.10. The summed E-state index contributed by atoms with van der Waals surface area (Å²) in [6, 6.07) is 18.0. The van der Waals surface area contributed by atoms with Crippen LogP contribution in [0.4, 0.5) is 5.13 Å². The van der Waals surface area contributed by atoms with Crippen molar-refractivity contribution in [2.45, 2.75) is 19.8 Å². The van der Waals surface area contributed by atoms with Crippen LogP contribution in [0.5, 0.6) is 0 Å². The largest absolute Gasteiger partial charge is 0.466 e. The van der Waals surface area contributed by atoms with Crippen LogP contribution in [-0.4, -0.2) is 23.5 Å². The van der Waals surface area contributed by atoms with Gasteiger partial charge in [0.25, 0.3) is 0 Å². The molecule has 0 atom stereocenters. The number of esters is 1. The van der Waals surface area contributed by atoms with Crippen molar-refractivity contribution in [1.82, 2.24) is 4.98 Å². The van der Waals surface area contributed by atoms with E-state index in [0.717, 1.165) is 16.7 Å². The van der Waals surface area contributed by atoms with Crippen molar-refractivity contribution in [2.24, 2.45) is 0 Å². The molecule has 1 aromatic heterocycles. The van der Waals surface area contributed by atoms with Crippen LogP contribution < -0.4 is 5.32 Å². The van der Waals surface area contributed by atoms with Gasteiger partial charge in [-0.15, -0.1) is 11.3 Å². The Morgan fingerprint density at radius 1 is 1.00 bits per heavy atom. The Bertz CT molecular complexity index is 905. The molecular formula is C21H20N2O3S. The number of nitrogens with one attached hydrogen (secondary N) is 1. The third-order valence-electron chi connectivity index (χ3n) is 3.85. The summed E-state index contributed by atoms with van der Waals surface area (Å²) in [6.07, 6.45) is 0.378. The molecule has 0 fully saturated rings. The minimum absolute atomic E-state index is 0.112. The van der Waals surface area contributed by atoms with Gasteiger partial charge in [0.05, 0.1) is 25.1 Å². The van der Waals surface area contributed by atoms with Crippen molar-refractivity contribution in [3.05, 3.63) is 71.2 Å². The van der Waals surface area contributed by atoms with Crippen LogP contribution in [-0.2, 0) is 27.2 Å². The number of hydrogen-bond acceptors (Lipinski definition) is 5. The number of amides is 1. The van der Waals surface area contributed by atoms with E-state index in [1.807, 2.05) is 42.5 Å². The maximum atomic E-state index is 12.2. The number of carbonyl (C=O) groups is 2. The van der Waals surface area contributed by atoms with Crippen LogP contribution in [0.25, 0.3) is 11.1 Å². The lowest BCUT2D eigenvalue weighted by molar-refractivity contribution is -0.142. The van der Waals surface area contributed by atoms with Gasteiger partial charge in [-0.05, 0) is 23.6 Å². The average molecular weight is 380 g/mol. The van der Waals surface area contributed by atoms with Crippen LogP contribution in [0.1, 0.15) is 18.2 Å². The molecule has 0 aliphatic rings. The van der Waals surface area contributed by atoms with Gasteiger partial charge in [-0.3, -0.25) is 9.59 Å². The first kappa shape index (κ1) is 18.8. The second-order valence-electron chi connectivity index (χ2n) is 5.91. The first-order chi connectivity index (χ1) is 13.1. The highest BCUT2D eigenvalue weighted by atomic mass is 32.1. The summed E-state index contributed by atoms with van der Waals surface area (Å²) >= 11 is 1.30. The van der Waals surface area contributed by atoms with Gasteiger partial charge in [-0.1, -0.05) is 54.6 Å². The van der Waals surface area contributed by atoms with Crippen molar-refractivity contribution in [3.63, 3.8) is 0 Å². The standard InChI is InChI=1S/C21H20N2O3S/c1-2-26-20(25)13-18-14-27-21(22-18)23-19(24)12-15-8-10-17(11-9-15)16-6-4-3-5-7-16/h3-11,14H,2,12-13H2,1H3,(H,22,23,24). The number of thiazole rings is 1. The molecule has 0 saturated carbocycles. The van der Waals surface area contributed by atoms with Crippen molar-refractivity contribution >= 4 is 28.3 Å². The van der Waals surface area contributed by atoms with E-state index in [1.165, 1.54) is 11.3 Å². The summed E-state index contributed by atoms with van der Waals surface area (Å²) in [5, 5.41) is 5.02. The average Bonchev–Trinajstić information content (AvgIpc) is 3.09. The molecule has 6 heteroatoms. The van der Waals surface area contributed by atoms with Crippen molar-refractivity contribution < 1.29 is 14.3 Å². The normalized spacial score (nSPS) is 10.4. The van der Waals surface area contributed by atoms with Gasteiger partial charge in [0.2, 0.25) is 5.91 Å². The molecule has 0 unspecified atom stereocenters. The first-order valence-corrected chi connectivity index (χ1v) is 9.56. The van der Waals surface area contributed by atoms with E-state index < -0.39 is 0 Å². The summed E-state index contributed by atoms with van der Waals surface area (Å²) < 4.78 is 4.90. The molecule has 5 nitrogen and oxygen atoms in total. The summed E-state index contributed by atoms with van der Waals surface area (Å²) in [4.78, 5) is 28.0. The topological polar surface area (TPSA) is 68.3 Å². The number of rotatable bonds is 7. The molecule has 1 amide bonds. The predicted molar refractivity (Wildman–Crippen MR) is 107 cm³/mol. The third kappa shape index (κ3) is 5.49. The Labute approximate surface area is 162 Å². The quantitative estimate of drug-likeness (QED) is 0.627. The second-order valence-corrected chi connectivity index (χ2v) is 6.77. The van der Waals surface area contributed by atoms with Gasteiger partial charge in [0.15, 0.2) is 5.13 Å². The Balaban J connectivity index is 1.55. The van der Waals surface area contributed by atoms with Crippen molar-refractivity contribution in [3.8, 4) is 11.1 Å². The number of carbonyl (C=O) groups excluding carboxylic acids is 2. The fourth-order valence-electron chi connectivity index (χ4n) is 2.60. The monoisotopic (exact) mass is 380 g/mol. The minimum Gasteiger partial charge on any atom is -0.466 e. The molecule has 1 N–H and O–H groups in total. The molecule has 1 heterocycles. The molecule has 138 valence electrons. The second kappa shape index (κ2) is 9.09. The molecule has 27 heavy (non-hydrogen) atoms. The molecule has 0 saturated heterocycles. The Morgan fingerprint density at radius 3 is 2.41 bits per heavy atom. The summed E-state index contributed by atoms with van der Waals surface area (Å²) in [7, 11) is 0. The van der Waals surface area contributed by atoms with E-state index in [1.54, 1.807) is 12.3 Å². The third-order valence-corrected chi connectivity index (χ3v) is 4.66. The van der Waals surface area contributed by atoms with Crippen LogP contribution in [0, 0.1) is 0 Å². The Hall–Kier alpha value is -2.99. The molecular weight excluding hydrogens is 360 g/mol. The van der Waals surface area contributed by atoms with Gasteiger partial charge in [0.1, 0.15) is 0 Å². The highest BCUT2D eigenvalue weighted by molar-refractivity contribution is 7.13. The number of ether oxygens (including phenoxy) is 1. The van der Waals surface area contributed by atoms with Crippen LogP contribution in [0.2, 0.25) is 0 Å². The van der Waals surface area contributed by atoms with Crippen LogP contribution in [0.15, 0.2) is 60.0 Å². The smallest absolute Gasteiger partial charge is 0.311 e. The Kier molecular flexibility index (Phi) is 6.33. The maximum absolute atomic E-state index is 12.2. The van der Waals surface area contributed by atoms with E-state index in [0.29, 0.717) is 17.4 Å². The van der Waals surface area contributed by atoms with Gasteiger partial charge < -0.3 is 10.1 Å². The van der Waals surface area contributed by atoms with Crippen molar-refractivity contribution in [1.29, 1.82) is 0 Å². The fraction of sp³-hybridized carbons (Fsp3) is 0.190. The maximum Gasteiger partial charge on any atom is 0.311 e. The van der Waals surface area contributed by atoms with Gasteiger partial charge >= 0.3 is 5.97 Å². The van der Waals surface area contributed by atoms with Gasteiger partial charge in [-0.2, -0.15) is 0 Å². The van der Waals surface area contributed by atoms with Crippen LogP contribution in [0.3, 0.4) is 0 Å². The number of aromatic nitrogens is 1. The lowest BCUT2D eigenvalue weighted by Crippen LogP contribution is -2.14.